The van der Waals surface area contributed by atoms with Crippen molar-refractivity contribution >= 4 is 22.9 Å². The van der Waals surface area contributed by atoms with E-state index in [0.717, 1.165) is 37.0 Å². The van der Waals surface area contributed by atoms with Crippen LogP contribution >= 0.6 is 22.9 Å². The minimum Gasteiger partial charge on any atom is -0.494 e. The lowest BCUT2D eigenvalue weighted by Crippen LogP contribution is -2.45. The summed E-state index contributed by atoms with van der Waals surface area (Å²) in [7, 11) is 0. The highest BCUT2D eigenvalue weighted by molar-refractivity contribution is 7.10. The van der Waals surface area contributed by atoms with E-state index in [0.29, 0.717) is 6.61 Å². The number of thiophene rings is 1. The van der Waals surface area contributed by atoms with E-state index in [-0.39, 0.29) is 6.04 Å². The molecule has 0 radical (unpaired) electrons. The number of hydrogen-bond acceptors (Lipinski definition) is 4. The van der Waals surface area contributed by atoms with Crippen LogP contribution in [-0.4, -0.2) is 37.7 Å². The smallest absolute Gasteiger partial charge is 0.124 e. The standard InChI is InChI=1S/C17H21ClN2OS/c1-2-21-15-6-5-13(18)12-14(15)17(16-4-3-11-22-16)20-9-7-19-8-10-20/h3-6,11-12,17,19H,2,7-10H2,1H3. The Balaban J connectivity index is 2.03. The molecule has 1 atom stereocenters. The second-order valence-corrected chi connectivity index (χ2v) is 6.73. The van der Waals surface area contributed by atoms with Crippen LogP contribution in [0.15, 0.2) is 35.7 Å². The highest BCUT2D eigenvalue weighted by atomic mass is 35.5. The van der Waals surface area contributed by atoms with Crippen LogP contribution in [0.25, 0.3) is 0 Å². The number of hydrogen-bond donors (Lipinski definition) is 1. The van der Waals surface area contributed by atoms with Crippen LogP contribution in [0, 0.1) is 0 Å². The predicted molar refractivity (Wildman–Crippen MR) is 93.2 cm³/mol. The highest BCUT2D eigenvalue weighted by Gasteiger charge is 2.27. The second kappa shape index (κ2) is 7.47. The SMILES string of the molecule is CCOc1ccc(Cl)cc1C(c1cccs1)N1CCNCC1. The van der Waals surface area contributed by atoms with E-state index in [9.17, 15) is 0 Å². The normalized spacial score (nSPS) is 17.4. The minimum atomic E-state index is 0.211. The van der Waals surface area contributed by atoms with Gasteiger partial charge in [-0.2, -0.15) is 0 Å². The van der Waals surface area contributed by atoms with Gasteiger partial charge < -0.3 is 10.1 Å². The maximum atomic E-state index is 6.28. The van der Waals surface area contributed by atoms with Gasteiger partial charge in [0, 0.05) is 41.6 Å². The van der Waals surface area contributed by atoms with Gasteiger partial charge in [-0.3, -0.25) is 4.90 Å². The molecule has 0 saturated carbocycles. The van der Waals surface area contributed by atoms with Crippen molar-refractivity contribution in [3.05, 3.63) is 51.2 Å². The van der Waals surface area contributed by atoms with Gasteiger partial charge in [-0.05, 0) is 36.6 Å². The molecule has 1 aliphatic heterocycles. The monoisotopic (exact) mass is 336 g/mol. The third kappa shape index (κ3) is 3.46. The van der Waals surface area contributed by atoms with E-state index < -0.39 is 0 Å². The summed E-state index contributed by atoms with van der Waals surface area (Å²) in [5.41, 5.74) is 1.17. The quantitative estimate of drug-likeness (QED) is 0.899. The summed E-state index contributed by atoms with van der Waals surface area (Å²) in [5, 5.41) is 6.32. The first kappa shape index (κ1) is 15.8. The van der Waals surface area contributed by atoms with Crippen LogP contribution in [0.2, 0.25) is 5.02 Å². The first-order valence-corrected chi connectivity index (χ1v) is 8.95. The molecule has 2 heterocycles. The van der Waals surface area contributed by atoms with Crippen molar-refractivity contribution in [1.82, 2.24) is 10.2 Å². The van der Waals surface area contributed by atoms with E-state index in [1.165, 1.54) is 10.4 Å². The van der Waals surface area contributed by atoms with Crippen LogP contribution in [0.4, 0.5) is 0 Å². The molecule has 2 aromatic rings. The summed E-state index contributed by atoms with van der Waals surface area (Å²) in [6.07, 6.45) is 0. The van der Waals surface area contributed by atoms with Crippen LogP contribution in [-0.2, 0) is 0 Å². The molecule has 1 N–H and O–H groups in total. The molecule has 3 rings (SSSR count). The minimum absolute atomic E-state index is 0.211. The van der Waals surface area contributed by atoms with Crippen molar-refractivity contribution in [2.75, 3.05) is 32.8 Å². The zero-order chi connectivity index (χ0) is 15.4. The fraction of sp³-hybridized carbons (Fsp3) is 0.412. The first-order valence-electron chi connectivity index (χ1n) is 7.70. The Bertz CT molecular complexity index is 597. The van der Waals surface area contributed by atoms with E-state index in [1.54, 1.807) is 11.3 Å². The molecule has 1 aliphatic rings. The van der Waals surface area contributed by atoms with Gasteiger partial charge in [0.15, 0.2) is 0 Å². The Morgan fingerprint density at radius 2 is 2.14 bits per heavy atom. The molecular weight excluding hydrogens is 316 g/mol. The molecule has 1 unspecified atom stereocenters. The van der Waals surface area contributed by atoms with E-state index in [1.807, 2.05) is 19.1 Å². The van der Waals surface area contributed by atoms with E-state index in [2.05, 4.69) is 33.8 Å². The molecule has 118 valence electrons. The summed E-state index contributed by atoms with van der Waals surface area (Å²) in [6.45, 7) is 6.77. The number of ether oxygens (including phenoxy) is 1. The molecule has 1 aromatic carbocycles. The number of piperazine rings is 1. The van der Waals surface area contributed by atoms with E-state index in [4.69, 9.17) is 16.3 Å². The van der Waals surface area contributed by atoms with Gasteiger partial charge in [-0.1, -0.05) is 17.7 Å². The number of nitrogens with zero attached hydrogens (tertiary/aromatic N) is 1. The Labute approximate surface area is 140 Å². The highest BCUT2D eigenvalue weighted by Crippen LogP contribution is 2.38. The number of halogens is 1. The summed E-state index contributed by atoms with van der Waals surface area (Å²) in [5.74, 6) is 0.934. The molecule has 22 heavy (non-hydrogen) atoms. The summed E-state index contributed by atoms with van der Waals surface area (Å²) < 4.78 is 5.87. The van der Waals surface area contributed by atoms with Crippen molar-refractivity contribution in [3.8, 4) is 5.75 Å². The van der Waals surface area contributed by atoms with Crippen LogP contribution < -0.4 is 10.1 Å². The molecule has 5 heteroatoms. The zero-order valence-electron chi connectivity index (χ0n) is 12.7. The largest absolute Gasteiger partial charge is 0.494 e. The Morgan fingerprint density at radius 3 is 2.82 bits per heavy atom. The maximum Gasteiger partial charge on any atom is 0.124 e. The summed E-state index contributed by atoms with van der Waals surface area (Å²) >= 11 is 8.07. The summed E-state index contributed by atoms with van der Waals surface area (Å²) in [6, 6.07) is 10.5. The maximum absolute atomic E-state index is 6.28. The van der Waals surface area contributed by atoms with Crippen LogP contribution in [0.1, 0.15) is 23.4 Å². The van der Waals surface area contributed by atoms with Crippen LogP contribution in [0.3, 0.4) is 0 Å². The van der Waals surface area contributed by atoms with Crippen molar-refractivity contribution in [3.63, 3.8) is 0 Å². The van der Waals surface area contributed by atoms with Crippen molar-refractivity contribution < 1.29 is 4.74 Å². The molecule has 0 spiro atoms. The Hall–Kier alpha value is -1.07. The van der Waals surface area contributed by atoms with Gasteiger partial charge in [0.05, 0.1) is 12.6 Å². The lowest BCUT2D eigenvalue weighted by Gasteiger charge is -2.35. The average Bonchev–Trinajstić information content (AvgIpc) is 3.05. The zero-order valence-corrected chi connectivity index (χ0v) is 14.3. The van der Waals surface area contributed by atoms with Gasteiger partial charge >= 0.3 is 0 Å². The fourth-order valence-corrected chi connectivity index (χ4v) is 3.99. The lowest BCUT2D eigenvalue weighted by atomic mass is 10.0. The van der Waals surface area contributed by atoms with Gasteiger partial charge in [-0.25, -0.2) is 0 Å². The predicted octanol–water partition coefficient (Wildman–Crippen LogP) is 3.79. The van der Waals surface area contributed by atoms with Gasteiger partial charge in [0.1, 0.15) is 5.75 Å². The molecule has 1 fully saturated rings. The molecular formula is C17H21ClN2OS. The molecule has 3 nitrogen and oxygen atoms in total. The number of benzene rings is 1. The van der Waals surface area contributed by atoms with Crippen LogP contribution in [0.5, 0.6) is 5.75 Å². The number of rotatable bonds is 5. The fourth-order valence-electron chi connectivity index (χ4n) is 2.94. The Morgan fingerprint density at radius 1 is 1.32 bits per heavy atom. The van der Waals surface area contributed by atoms with E-state index >= 15 is 0 Å². The second-order valence-electron chi connectivity index (χ2n) is 5.32. The van der Waals surface area contributed by atoms with Crippen molar-refractivity contribution in [2.45, 2.75) is 13.0 Å². The summed E-state index contributed by atoms with van der Waals surface area (Å²) in [4.78, 5) is 3.85. The van der Waals surface area contributed by atoms with Crippen molar-refractivity contribution in [1.29, 1.82) is 0 Å². The third-order valence-corrected chi connectivity index (χ3v) is 5.06. The van der Waals surface area contributed by atoms with Gasteiger partial charge in [0.25, 0.3) is 0 Å². The topological polar surface area (TPSA) is 24.5 Å². The molecule has 1 aromatic heterocycles. The Kier molecular flexibility index (Phi) is 5.37. The van der Waals surface area contributed by atoms with Crippen molar-refractivity contribution in [2.24, 2.45) is 0 Å². The molecule has 0 bridgehead atoms. The first-order chi connectivity index (χ1) is 10.8. The third-order valence-electron chi connectivity index (χ3n) is 3.90. The lowest BCUT2D eigenvalue weighted by molar-refractivity contribution is 0.196. The number of nitrogens with one attached hydrogen (secondary N) is 1. The van der Waals surface area contributed by atoms with Gasteiger partial charge in [-0.15, -0.1) is 11.3 Å². The molecule has 0 aliphatic carbocycles. The molecule has 1 saturated heterocycles. The average molecular weight is 337 g/mol. The molecule has 0 amide bonds. The van der Waals surface area contributed by atoms with Gasteiger partial charge in [0.2, 0.25) is 0 Å².